The van der Waals surface area contributed by atoms with Crippen LogP contribution >= 0.6 is 15.9 Å². The topological polar surface area (TPSA) is 34.4 Å². The Hall–Kier alpha value is -2.08. The Bertz CT molecular complexity index is 966. The van der Waals surface area contributed by atoms with Crippen LogP contribution in [0.1, 0.15) is 11.3 Å². The Morgan fingerprint density at radius 1 is 1.14 bits per heavy atom. The number of halogens is 3. The molecule has 3 aromatic rings. The van der Waals surface area contributed by atoms with Gasteiger partial charge in [-0.3, -0.25) is 9.20 Å². The van der Waals surface area contributed by atoms with E-state index in [-0.39, 0.29) is 11.1 Å². The maximum absolute atomic E-state index is 14.1. The van der Waals surface area contributed by atoms with E-state index in [0.717, 1.165) is 6.07 Å². The molecule has 0 aliphatic heterocycles. The minimum atomic E-state index is -0.701. The number of pyridine rings is 1. The van der Waals surface area contributed by atoms with Crippen molar-refractivity contribution in [3.05, 3.63) is 68.2 Å². The smallest absolute Gasteiger partial charge is 0.261 e. The fraction of sp³-hybridized carbons (Fsp3) is 0.125. The van der Waals surface area contributed by atoms with E-state index < -0.39 is 11.6 Å². The number of aryl methyl sites for hydroxylation is 1. The van der Waals surface area contributed by atoms with Gasteiger partial charge in [0.25, 0.3) is 5.56 Å². The molecule has 0 radical (unpaired) electrons. The molecule has 2 aromatic heterocycles. The summed E-state index contributed by atoms with van der Waals surface area (Å²) in [6.45, 7) is 3.42. The van der Waals surface area contributed by atoms with Gasteiger partial charge in [-0.15, -0.1) is 0 Å². The number of aromatic nitrogens is 2. The summed E-state index contributed by atoms with van der Waals surface area (Å²) in [5.41, 5.74) is 1.84. The molecule has 0 spiro atoms. The van der Waals surface area contributed by atoms with Gasteiger partial charge in [0, 0.05) is 39.1 Å². The number of nitrogens with zero attached hydrogens (tertiary/aromatic N) is 2. The average Bonchev–Trinajstić information content (AvgIpc) is 2.46. The first-order valence-corrected chi connectivity index (χ1v) is 7.32. The summed E-state index contributed by atoms with van der Waals surface area (Å²) in [6, 6.07) is 4.99. The fourth-order valence-electron chi connectivity index (χ4n) is 2.31. The Balaban J connectivity index is 2.46. The minimum absolute atomic E-state index is 0.190. The van der Waals surface area contributed by atoms with E-state index >= 15 is 0 Å². The van der Waals surface area contributed by atoms with Gasteiger partial charge in [-0.2, -0.15) is 0 Å². The van der Waals surface area contributed by atoms with Crippen LogP contribution in [0.4, 0.5) is 8.78 Å². The molecule has 0 aliphatic rings. The second-order valence-electron chi connectivity index (χ2n) is 5.02. The molecule has 112 valence electrons. The lowest BCUT2D eigenvalue weighted by molar-refractivity contribution is 0.585. The normalized spacial score (nSPS) is 11.1. The van der Waals surface area contributed by atoms with E-state index in [1.807, 2.05) is 0 Å². The first-order valence-electron chi connectivity index (χ1n) is 6.53. The van der Waals surface area contributed by atoms with Crippen molar-refractivity contribution >= 4 is 21.6 Å². The molecule has 0 amide bonds. The average molecular weight is 365 g/mol. The van der Waals surface area contributed by atoms with E-state index in [4.69, 9.17) is 0 Å². The molecular formula is C16H11BrF2N2O. The van der Waals surface area contributed by atoms with Crippen molar-refractivity contribution < 1.29 is 8.78 Å². The van der Waals surface area contributed by atoms with Crippen LogP contribution < -0.4 is 5.56 Å². The Morgan fingerprint density at radius 2 is 1.86 bits per heavy atom. The highest BCUT2D eigenvalue weighted by molar-refractivity contribution is 9.10. The molecular weight excluding hydrogens is 354 g/mol. The molecule has 3 rings (SSSR count). The van der Waals surface area contributed by atoms with Gasteiger partial charge in [0.15, 0.2) is 0 Å². The molecule has 3 nitrogen and oxygen atoms in total. The number of benzene rings is 1. The van der Waals surface area contributed by atoms with Crippen molar-refractivity contribution in [2.45, 2.75) is 13.8 Å². The highest BCUT2D eigenvalue weighted by Crippen LogP contribution is 2.29. The van der Waals surface area contributed by atoms with Crippen molar-refractivity contribution in [2.75, 3.05) is 0 Å². The van der Waals surface area contributed by atoms with Crippen molar-refractivity contribution in [2.24, 2.45) is 0 Å². The van der Waals surface area contributed by atoms with Crippen molar-refractivity contribution in [1.29, 1.82) is 0 Å². The SMILES string of the molecule is Cc1nc2c(-c3ccc(F)cc3F)cc(Br)cn2c(=O)c1C. The zero-order valence-electron chi connectivity index (χ0n) is 11.8. The molecule has 0 N–H and O–H groups in total. The maximum atomic E-state index is 14.1. The summed E-state index contributed by atoms with van der Waals surface area (Å²) in [5, 5.41) is 0. The fourth-order valence-corrected chi connectivity index (χ4v) is 2.74. The third-order valence-electron chi connectivity index (χ3n) is 3.58. The summed E-state index contributed by atoms with van der Waals surface area (Å²) in [4.78, 5) is 16.8. The van der Waals surface area contributed by atoms with Gasteiger partial charge in [0.05, 0.1) is 0 Å². The lowest BCUT2D eigenvalue weighted by Gasteiger charge is -2.11. The lowest BCUT2D eigenvalue weighted by atomic mass is 10.1. The Morgan fingerprint density at radius 3 is 2.55 bits per heavy atom. The molecule has 0 atom stereocenters. The molecule has 0 saturated carbocycles. The predicted octanol–water partition coefficient (Wildman–Crippen LogP) is 4.02. The molecule has 6 heteroatoms. The van der Waals surface area contributed by atoms with Crippen LogP contribution in [0, 0.1) is 25.5 Å². The van der Waals surface area contributed by atoms with Crippen molar-refractivity contribution in [1.82, 2.24) is 9.38 Å². The number of hydrogen-bond donors (Lipinski definition) is 0. The Labute approximate surface area is 133 Å². The molecule has 0 saturated heterocycles. The van der Waals surface area contributed by atoms with Gasteiger partial charge in [0.2, 0.25) is 0 Å². The standard InChI is InChI=1S/C16H11BrF2N2O/c1-8-9(2)20-15-13(5-10(17)7-21(15)16(8)22)12-4-3-11(18)6-14(12)19/h3-7H,1-2H3. The van der Waals surface area contributed by atoms with Gasteiger partial charge in [-0.1, -0.05) is 0 Å². The zero-order chi connectivity index (χ0) is 16.0. The summed E-state index contributed by atoms with van der Waals surface area (Å²) in [5.74, 6) is -1.36. The first-order chi connectivity index (χ1) is 10.4. The molecule has 2 heterocycles. The summed E-state index contributed by atoms with van der Waals surface area (Å²) < 4.78 is 29.2. The quantitative estimate of drug-likeness (QED) is 0.653. The van der Waals surface area contributed by atoms with Crippen LogP contribution in [-0.4, -0.2) is 9.38 Å². The predicted molar refractivity (Wildman–Crippen MR) is 84.0 cm³/mol. The molecule has 0 aliphatic carbocycles. The largest absolute Gasteiger partial charge is 0.269 e. The number of hydrogen-bond acceptors (Lipinski definition) is 2. The minimum Gasteiger partial charge on any atom is -0.269 e. The zero-order valence-corrected chi connectivity index (χ0v) is 13.4. The van der Waals surface area contributed by atoms with E-state index in [9.17, 15) is 13.6 Å². The third kappa shape index (κ3) is 2.33. The molecule has 0 fully saturated rings. The van der Waals surface area contributed by atoms with Crippen LogP contribution in [0.5, 0.6) is 0 Å². The lowest BCUT2D eigenvalue weighted by Crippen LogP contribution is -2.19. The van der Waals surface area contributed by atoms with Gasteiger partial charge in [-0.25, -0.2) is 13.8 Å². The van der Waals surface area contributed by atoms with Gasteiger partial charge in [0.1, 0.15) is 17.3 Å². The van der Waals surface area contributed by atoms with E-state index in [1.165, 1.54) is 16.5 Å². The summed E-state index contributed by atoms with van der Waals surface area (Å²) in [7, 11) is 0. The molecule has 1 aromatic carbocycles. The van der Waals surface area contributed by atoms with E-state index in [2.05, 4.69) is 20.9 Å². The van der Waals surface area contributed by atoms with Crippen molar-refractivity contribution in [3.8, 4) is 11.1 Å². The number of fused-ring (bicyclic) bond motifs is 1. The number of rotatable bonds is 1. The summed E-state index contributed by atoms with van der Waals surface area (Å²) >= 11 is 3.31. The van der Waals surface area contributed by atoms with Crippen LogP contribution in [-0.2, 0) is 0 Å². The molecule has 22 heavy (non-hydrogen) atoms. The highest BCUT2D eigenvalue weighted by atomic mass is 79.9. The Kier molecular flexibility index (Phi) is 3.56. The van der Waals surface area contributed by atoms with Crippen LogP contribution in [0.3, 0.4) is 0 Å². The monoisotopic (exact) mass is 364 g/mol. The van der Waals surface area contributed by atoms with Crippen LogP contribution in [0.25, 0.3) is 16.8 Å². The maximum Gasteiger partial charge on any atom is 0.261 e. The molecule has 0 unspecified atom stereocenters. The van der Waals surface area contributed by atoms with Gasteiger partial charge < -0.3 is 0 Å². The van der Waals surface area contributed by atoms with Crippen LogP contribution in [0.15, 0.2) is 39.7 Å². The van der Waals surface area contributed by atoms with Crippen LogP contribution in [0.2, 0.25) is 0 Å². The van der Waals surface area contributed by atoms with Crippen molar-refractivity contribution in [3.63, 3.8) is 0 Å². The second-order valence-corrected chi connectivity index (χ2v) is 5.93. The van der Waals surface area contributed by atoms with E-state index in [1.54, 1.807) is 26.1 Å². The molecule has 0 bridgehead atoms. The van der Waals surface area contributed by atoms with E-state index in [0.29, 0.717) is 26.9 Å². The first kappa shape index (κ1) is 14.8. The highest BCUT2D eigenvalue weighted by Gasteiger charge is 2.15. The summed E-state index contributed by atoms with van der Waals surface area (Å²) in [6.07, 6.45) is 1.59. The second kappa shape index (κ2) is 5.28. The third-order valence-corrected chi connectivity index (χ3v) is 4.01. The van der Waals surface area contributed by atoms with Gasteiger partial charge >= 0.3 is 0 Å². The van der Waals surface area contributed by atoms with Gasteiger partial charge in [-0.05, 0) is 48.0 Å².